The lowest BCUT2D eigenvalue weighted by Crippen LogP contribution is -2.36. The molecule has 3 aliphatic carbocycles. The maximum atomic E-state index is 12.1. The summed E-state index contributed by atoms with van der Waals surface area (Å²) in [5, 5.41) is 0. The summed E-state index contributed by atoms with van der Waals surface area (Å²) >= 11 is 0. The monoisotopic (exact) mass is 278 g/mol. The van der Waals surface area contributed by atoms with Gasteiger partial charge < -0.3 is 9.47 Å². The zero-order valence-corrected chi connectivity index (χ0v) is 12.5. The molecule has 0 saturated heterocycles. The predicted octanol–water partition coefficient (Wildman–Crippen LogP) is 3.83. The zero-order chi connectivity index (χ0) is 14.0. The summed E-state index contributed by atoms with van der Waals surface area (Å²) in [5.41, 5.74) is -0.0346. The number of ether oxygens (including phenoxy) is 2. The largest absolute Gasteiger partial charge is 0.438 e. The molecule has 20 heavy (non-hydrogen) atoms. The molecule has 0 aromatic rings. The fourth-order valence-corrected chi connectivity index (χ4v) is 4.17. The molecule has 3 unspecified atom stereocenters. The van der Waals surface area contributed by atoms with Gasteiger partial charge in [-0.3, -0.25) is 4.79 Å². The summed E-state index contributed by atoms with van der Waals surface area (Å²) < 4.78 is 11.4. The van der Waals surface area contributed by atoms with Crippen molar-refractivity contribution >= 4 is 5.97 Å². The first-order valence-electron chi connectivity index (χ1n) is 8.21. The fourth-order valence-electron chi connectivity index (χ4n) is 4.17. The highest BCUT2D eigenvalue weighted by atomic mass is 16.7. The minimum atomic E-state index is -0.0519. The van der Waals surface area contributed by atoms with Gasteiger partial charge >= 0.3 is 5.97 Å². The molecule has 112 valence electrons. The number of carbonyl (C=O) groups excluding carboxylic acids is 1. The van der Waals surface area contributed by atoms with Crippen LogP contribution in [0.15, 0.2) is 12.2 Å². The average Bonchev–Trinajstić information content (AvgIpc) is 3.11. The summed E-state index contributed by atoms with van der Waals surface area (Å²) in [6, 6.07) is 0. The summed E-state index contributed by atoms with van der Waals surface area (Å²) in [5.74, 6) is 1.06. The second kappa shape index (κ2) is 5.88. The number of allylic oxidation sites excluding steroid dienone is 2. The Labute approximate surface area is 121 Å². The minimum Gasteiger partial charge on any atom is -0.438 e. The highest BCUT2D eigenvalue weighted by Crippen LogP contribution is 2.44. The second-order valence-electron chi connectivity index (χ2n) is 6.71. The first-order chi connectivity index (χ1) is 9.72. The van der Waals surface area contributed by atoms with Gasteiger partial charge in [0.05, 0.1) is 11.5 Å². The van der Waals surface area contributed by atoms with E-state index in [9.17, 15) is 4.79 Å². The van der Waals surface area contributed by atoms with E-state index in [2.05, 4.69) is 19.1 Å². The van der Waals surface area contributed by atoms with E-state index in [4.69, 9.17) is 9.47 Å². The van der Waals surface area contributed by atoms with E-state index in [1.165, 1.54) is 19.3 Å². The molecule has 0 amide bonds. The third-order valence-electron chi connectivity index (χ3n) is 5.56. The Balaban J connectivity index is 1.45. The fraction of sp³-hybridized carbons (Fsp3) is 0.824. The van der Waals surface area contributed by atoms with Crippen molar-refractivity contribution in [1.82, 2.24) is 0 Å². The third kappa shape index (κ3) is 2.78. The minimum absolute atomic E-state index is 0.0346. The van der Waals surface area contributed by atoms with E-state index in [-0.39, 0.29) is 24.3 Å². The van der Waals surface area contributed by atoms with Gasteiger partial charge in [0, 0.05) is 0 Å². The molecule has 3 rings (SSSR count). The van der Waals surface area contributed by atoms with Crippen LogP contribution in [0.1, 0.15) is 58.3 Å². The normalized spacial score (nSPS) is 34.4. The molecule has 0 aliphatic heterocycles. The molecule has 0 radical (unpaired) electrons. The number of hydrogen-bond acceptors (Lipinski definition) is 3. The Hall–Kier alpha value is -0.830. The van der Waals surface area contributed by atoms with Crippen molar-refractivity contribution in [1.29, 1.82) is 0 Å². The summed E-state index contributed by atoms with van der Waals surface area (Å²) in [6.45, 7) is 2.32. The maximum absolute atomic E-state index is 12.1. The average molecular weight is 278 g/mol. The Bertz CT molecular complexity index is 382. The molecular formula is C17H26O3. The van der Waals surface area contributed by atoms with Gasteiger partial charge in [-0.1, -0.05) is 38.3 Å². The molecule has 2 saturated carbocycles. The van der Waals surface area contributed by atoms with Crippen LogP contribution in [0.3, 0.4) is 0 Å². The maximum Gasteiger partial charge on any atom is 0.311 e. The standard InChI is InChI=1S/C17H26O3/c1-2-17(8-4-3-5-9-17)20-12-19-16(18)15-11-13-6-7-14(15)10-13/h6-7,13-15H,2-5,8-12H2,1H3. The van der Waals surface area contributed by atoms with Crippen molar-refractivity contribution in [2.24, 2.45) is 17.8 Å². The molecule has 3 atom stereocenters. The van der Waals surface area contributed by atoms with E-state index in [0.717, 1.165) is 32.1 Å². The first kappa shape index (κ1) is 14.1. The third-order valence-corrected chi connectivity index (χ3v) is 5.56. The SMILES string of the molecule is CCC1(OCOC(=O)C2CC3C=CC2C3)CCCCC1. The van der Waals surface area contributed by atoms with Crippen LogP contribution in [0.4, 0.5) is 0 Å². The van der Waals surface area contributed by atoms with Crippen molar-refractivity contribution < 1.29 is 14.3 Å². The van der Waals surface area contributed by atoms with Crippen LogP contribution in [0.25, 0.3) is 0 Å². The highest BCUT2D eigenvalue weighted by Gasteiger charge is 2.41. The van der Waals surface area contributed by atoms with E-state index in [0.29, 0.717) is 11.8 Å². The lowest BCUT2D eigenvalue weighted by Gasteiger charge is -2.36. The smallest absolute Gasteiger partial charge is 0.311 e. The van der Waals surface area contributed by atoms with E-state index < -0.39 is 0 Å². The lowest BCUT2D eigenvalue weighted by molar-refractivity contribution is -0.183. The Kier molecular flexibility index (Phi) is 4.16. The predicted molar refractivity (Wildman–Crippen MR) is 77.0 cm³/mol. The number of esters is 1. The summed E-state index contributed by atoms with van der Waals surface area (Å²) in [7, 11) is 0. The zero-order valence-electron chi connectivity index (χ0n) is 12.5. The van der Waals surface area contributed by atoms with E-state index >= 15 is 0 Å². The van der Waals surface area contributed by atoms with Crippen molar-refractivity contribution in [2.45, 2.75) is 63.9 Å². The Morgan fingerprint density at radius 3 is 2.60 bits per heavy atom. The molecule has 0 N–H and O–H groups in total. The molecule has 2 fully saturated rings. The number of carbonyl (C=O) groups is 1. The molecule has 3 heteroatoms. The lowest BCUT2D eigenvalue weighted by atomic mass is 9.83. The van der Waals surface area contributed by atoms with Gasteiger partial charge in [0.1, 0.15) is 0 Å². The first-order valence-corrected chi connectivity index (χ1v) is 8.21. The number of hydrogen-bond donors (Lipinski definition) is 0. The van der Waals surface area contributed by atoms with Crippen LogP contribution in [0.5, 0.6) is 0 Å². The number of fused-ring (bicyclic) bond motifs is 2. The molecular weight excluding hydrogens is 252 g/mol. The van der Waals surface area contributed by atoms with Crippen LogP contribution < -0.4 is 0 Å². The molecule has 0 aromatic heterocycles. The van der Waals surface area contributed by atoms with Crippen molar-refractivity contribution in [2.75, 3.05) is 6.79 Å². The molecule has 0 spiro atoms. The summed E-state index contributed by atoms with van der Waals surface area (Å²) in [6.07, 6.45) is 13.6. The van der Waals surface area contributed by atoms with Gasteiger partial charge in [-0.25, -0.2) is 0 Å². The van der Waals surface area contributed by atoms with Gasteiger partial charge in [0.25, 0.3) is 0 Å². The second-order valence-corrected chi connectivity index (χ2v) is 6.71. The van der Waals surface area contributed by atoms with E-state index in [1.54, 1.807) is 0 Å². The summed E-state index contributed by atoms with van der Waals surface area (Å²) in [4.78, 5) is 12.1. The molecule has 3 nitrogen and oxygen atoms in total. The molecule has 0 aromatic carbocycles. The quantitative estimate of drug-likeness (QED) is 0.435. The van der Waals surface area contributed by atoms with Gasteiger partial charge in [0.2, 0.25) is 0 Å². The Morgan fingerprint density at radius 1 is 1.20 bits per heavy atom. The number of rotatable bonds is 5. The van der Waals surface area contributed by atoms with Crippen LogP contribution in [-0.2, 0) is 14.3 Å². The highest BCUT2D eigenvalue weighted by molar-refractivity contribution is 5.74. The van der Waals surface area contributed by atoms with E-state index in [1.807, 2.05) is 0 Å². The molecule has 0 heterocycles. The van der Waals surface area contributed by atoms with Crippen molar-refractivity contribution in [3.8, 4) is 0 Å². The molecule has 3 aliphatic rings. The van der Waals surface area contributed by atoms with Crippen LogP contribution in [0.2, 0.25) is 0 Å². The van der Waals surface area contributed by atoms with Gasteiger partial charge in [0.15, 0.2) is 6.79 Å². The van der Waals surface area contributed by atoms with Crippen LogP contribution in [-0.4, -0.2) is 18.4 Å². The van der Waals surface area contributed by atoms with Crippen LogP contribution >= 0.6 is 0 Å². The molecule has 2 bridgehead atoms. The topological polar surface area (TPSA) is 35.5 Å². The van der Waals surface area contributed by atoms with Crippen LogP contribution in [0, 0.1) is 17.8 Å². The Morgan fingerprint density at radius 2 is 2.00 bits per heavy atom. The van der Waals surface area contributed by atoms with Gasteiger partial charge in [-0.05, 0) is 43.9 Å². The van der Waals surface area contributed by atoms with Gasteiger partial charge in [-0.2, -0.15) is 0 Å². The van der Waals surface area contributed by atoms with Crippen molar-refractivity contribution in [3.05, 3.63) is 12.2 Å². The van der Waals surface area contributed by atoms with Gasteiger partial charge in [-0.15, -0.1) is 0 Å². The van der Waals surface area contributed by atoms with Crippen molar-refractivity contribution in [3.63, 3.8) is 0 Å².